The Morgan fingerprint density at radius 3 is 2.77 bits per heavy atom. The number of carbonyl (C=O) groups is 1. The maximum Gasteiger partial charge on any atom is 0.222 e. The third kappa shape index (κ3) is 4.87. The van der Waals surface area contributed by atoms with Crippen molar-refractivity contribution >= 4 is 11.9 Å². The molecule has 2 rings (SSSR count). The Hall–Kier alpha value is -1.30. The fourth-order valence-corrected chi connectivity index (χ4v) is 3.00. The molecule has 2 aliphatic rings. The lowest BCUT2D eigenvalue weighted by Crippen LogP contribution is -2.47. The zero-order chi connectivity index (χ0) is 15.9. The second kappa shape index (κ2) is 8.36. The topological polar surface area (TPSA) is 74.8 Å². The van der Waals surface area contributed by atoms with Crippen LogP contribution in [0.5, 0.6) is 0 Å². The first-order valence-electron chi connectivity index (χ1n) is 8.62. The molecule has 0 spiro atoms. The number of aliphatic imine (C=N–C) groups is 1. The van der Waals surface area contributed by atoms with Crippen LogP contribution in [0.25, 0.3) is 0 Å². The highest BCUT2D eigenvalue weighted by Crippen LogP contribution is 2.34. The van der Waals surface area contributed by atoms with Crippen molar-refractivity contribution in [2.45, 2.75) is 77.2 Å². The van der Waals surface area contributed by atoms with Gasteiger partial charge in [0.15, 0.2) is 5.96 Å². The average Bonchev–Trinajstić information content (AvgIpc) is 3.09. The van der Waals surface area contributed by atoms with Gasteiger partial charge in [0.25, 0.3) is 0 Å². The van der Waals surface area contributed by atoms with Crippen molar-refractivity contribution in [3.63, 3.8) is 0 Å². The highest BCUT2D eigenvalue weighted by molar-refractivity contribution is 5.81. The quantitative estimate of drug-likeness (QED) is 0.487. The van der Waals surface area contributed by atoms with E-state index in [1.54, 1.807) is 0 Å². The zero-order valence-electron chi connectivity index (χ0n) is 14.0. The zero-order valence-corrected chi connectivity index (χ0v) is 14.0. The molecule has 2 aliphatic heterocycles. The van der Waals surface area contributed by atoms with E-state index in [-0.39, 0.29) is 11.9 Å². The summed E-state index contributed by atoms with van der Waals surface area (Å²) >= 11 is 0. The SMILES string of the molecule is CCNC(=NCCC(=O)NC(C)CC)NC1CC2CCC1O2. The predicted molar refractivity (Wildman–Crippen MR) is 87.9 cm³/mol. The Morgan fingerprint density at radius 1 is 1.36 bits per heavy atom. The first kappa shape index (κ1) is 17.1. The minimum Gasteiger partial charge on any atom is -0.373 e. The number of rotatable bonds is 7. The summed E-state index contributed by atoms with van der Waals surface area (Å²) in [6.45, 7) is 7.44. The van der Waals surface area contributed by atoms with E-state index in [2.05, 4.69) is 27.9 Å². The molecule has 0 aromatic heterocycles. The molecule has 2 saturated heterocycles. The van der Waals surface area contributed by atoms with E-state index in [4.69, 9.17) is 4.74 Å². The third-order valence-electron chi connectivity index (χ3n) is 4.40. The molecule has 0 aromatic carbocycles. The first-order valence-corrected chi connectivity index (χ1v) is 8.62. The van der Waals surface area contributed by atoms with Gasteiger partial charge in [-0.2, -0.15) is 0 Å². The maximum absolute atomic E-state index is 11.8. The van der Waals surface area contributed by atoms with Gasteiger partial charge in [0.1, 0.15) is 0 Å². The molecule has 0 saturated carbocycles. The number of guanidine groups is 1. The molecular weight excluding hydrogens is 280 g/mol. The summed E-state index contributed by atoms with van der Waals surface area (Å²) in [7, 11) is 0. The van der Waals surface area contributed by atoms with Gasteiger partial charge in [-0.1, -0.05) is 6.92 Å². The predicted octanol–water partition coefficient (Wildman–Crippen LogP) is 1.17. The van der Waals surface area contributed by atoms with Gasteiger partial charge in [0.2, 0.25) is 5.91 Å². The van der Waals surface area contributed by atoms with Crippen LogP contribution >= 0.6 is 0 Å². The van der Waals surface area contributed by atoms with Gasteiger partial charge in [-0.15, -0.1) is 0 Å². The lowest BCUT2D eigenvalue weighted by atomic mass is 9.96. The number of amides is 1. The maximum atomic E-state index is 11.8. The molecule has 1 amide bonds. The van der Waals surface area contributed by atoms with E-state index < -0.39 is 0 Å². The lowest BCUT2D eigenvalue weighted by molar-refractivity contribution is -0.121. The van der Waals surface area contributed by atoms with Crippen molar-refractivity contribution in [3.05, 3.63) is 0 Å². The Kier molecular flexibility index (Phi) is 6.49. The second-order valence-corrected chi connectivity index (χ2v) is 6.25. The minimum atomic E-state index is 0.0669. The summed E-state index contributed by atoms with van der Waals surface area (Å²) in [6.07, 6.45) is 5.50. The summed E-state index contributed by atoms with van der Waals surface area (Å²) in [6, 6.07) is 0.583. The van der Waals surface area contributed by atoms with Gasteiger partial charge in [0, 0.05) is 19.0 Å². The molecular formula is C16H30N4O2. The van der Waals surface area contributed by atoms with Crippen LogP contribution in [0.15, 0.2) is 4.99 Å². The van der Waals surface area contributed by atoms with Gasteiger partial charge >= 0.3 is 0 Å². The summed E-state index contributed by atoms with van der Waals surface area (Å²) in [4.78, 5) is 16.3. The van der Waals surface area contributed by atoms with Gasteiger partial charge in [-0.05, 0) is 39.5 Å². The average molecular weight is 310 g/mol. The number of hydrogen-bond acceptors (Lipinski definition) is 3. The monoisotopic (exact) mass is 310 g/mol. The molecule has 0 aliphatic carbocycles. The van der Waals surface area contributed by atoms with Crippen molar-refractivity contribution in [1.82, 2.24) is 16.0 Å². The van der Waals surface area contributed by atoms with Crippen LogP contribution < -0.4 is 16.0 Å². The van der Waals surface area contributed by atoms with Gasteiger partial charge in [-0.3, -0.25) is 9.79 Å². The van der Waals surface area contributed by atoms with Gasteiger partial charge < -0.3 is 20.7 Å². The molecule has 4 atom stereocenters. The van der Waals surface area contributed by atoms with Crippen LogP contribution in [0.1, 0.15) is 52.9 Å². The van der Waals surface area contributed by atoms with E-state index in [9.17, 15) is 4.79 Å². The van der Waals surface area contributed by atoms with Crippen LogP contribution in [-0.4, -0.2) is 49.2 Å². The third-order valence-corrected chi connectivity index (χ3v) is 4.40. The molecule has 2 bridgehead atoms. The number of nitrogens with one attached hydrogen (secondary N) is 3. The molecule has 4 unspecified atom stereocenters. The Balaban J connectivity index is 1.76. The molecule has 2 fully saturated rings. The number of nitrogens with zero attached hydrogens (tertiary/aromatic N) is 1. The molecule has 22 heavy (non-hydrogen) atoms. The number of carbonyl (C=O) groups excluding carboxylic acids is 1. The molecule has 3 N–H and O–H groups in total. The van der Waals surface area contributed by atoms with Crippen molar-refractivity contribution in [2.24, 2.45) is 4.99 Å². The van der Waals surface area contributed by atoms with Crippen molar-refractivity contribution in [1.29, 1.82) is 0 Å². The van der Waals surface area contributed by atoms with Crippen molar-refractivity contribution < 1.29 is 9.53 Å². The number of hydrogen-bond donors (Lipinski definition) is 3. The second-order valence-electron chi connectivity index (χ2n) is 6.25. The Bertz CT molecular complexity index is 400. The Morgan fingerprint density at radius 2 is 2.18 bits per heavy atom. The molecule has 126 valence electrons. The summed E-state index contributed by atoms with van der Waals surface area (Å²) < 4.78 is 5.85. The number of ether oxygens (including phenoxy) is 1. The molecule has 6 heteroatoms. The van der Waals surface area contributed by atoms with E-state index >= 15 is 0 Å². The van der Waals surface area contributed by atoms with Crippen LogP contribution in [-0.2, 0) is 9.53 Å². The van der Waals surface area contributed by atoms with E-state index in [1.807, 2.05) is 13.8 Å². The highest BCUT2D eigenvalue weighted by Gasteiger charge is 2.41. The molecule has 0 aromatic rings. The van der Waals surface area contributed by atoms with Crippen molar-refractivity contribution in [3.8, 4) is 0 Å². The van der Waals surface area contributed by atoms with Crippen molar-refractivity contribution in [2.75, 3.05) is 13.1 Å². The summed E-state index contributed by atoms with van der Waals surface area (Å²) in [5, 5.41) is 9.66. The smallest absolute Gasteiger partial charge is 0.222 e. The van der Waals surface area contributed by atoms with E-state index in [0.29, 0.717) is 31.2 Å². The van der Waals surface area contributed by atoms with Gasteiger partial charge in [0.05, 0.1) is 24.8 Å². The largest absolute Gasteiger partial charge is 0.373 e. The highest BCUT2D eigenvalue weighted by atomic mass is 16.5. The summed E-state index contributed by atoms with van der Waals surface area (Å²) in [5.74, 6) is 0.859. The molecule has 2 heterocycles. The number of fused-ring (bicyclic) bond motifs is 2. The molecule has 6 nitrogen and oxygen atoms in total. The van der Waals surface area contributed by atoms with Crippen LogP contribution in [0.3, 0.4) is 0 Å². The fraction of sp³-hybridized carbons (Fsp3) is 0.875. The Labute approximate surface area is 133 Å². The van der Waals surface area contributed by atoms with E-state index in [1.165, 1.54) is 6.42 Å². The molecule has 0 radical (unpaired) electrons. The minimum absolute atomic E-state index is 0.0669. The summed E-state index contributed by atoms with van der Waals surface area (Å²) in [5.41, 5.74) is 0. The van der Waals surface area contributed by atoms with E-state index in [0.717, 1.165) is 31.8 Å². The van der Waals surface area contributed by atoms with Gasteiger partial charge in [-0.25, -0.2) is 0 Å². The van der Waals surface area contributed by atoms with Crippen LogP contribution in [0.2, 0.25) is 0 Å². The van der Waals surface area contributed by atoms with Crippen LogP contribution in [0, 0.1) is 0 Å². The normalized spacial score (nSPS) is 28.5. The van der Waals surface area contributed by atoms with Crippen LogP contribution in [0.4, 0.5) is 0 Å². The standard InChI is InChI=1S/C16H30N4O2/c1-4-11(3)19-15(21)8-9-18-16(17-5-2)20-13-10-12-6-7-14(13)22-12/h11-14H,4-10H2,1-3H3,(H,19,21)(H2,17,18,20). The lowest BCUT2D eigenvalue weighted by Gasteiger charge is -2.22. The fourth-order valence-electron chi connectivity index (χ4n) is 3.00. The first-order chi connectivity index (χ1) is 10.6.